The Bertz CT molecular complexity index is 3640. The number of halogens is 1. The van der Waals surface area contributed by atoms with E-state index in [9.17, 15) is 53.1 Å². The maximum atomic E-state index is 15.4. The summed E-state index contributed by atoms with van der Waals surface area (Å²) >= 11 is 5.91. The highest BCUT2D eigenvalue weighted by Crippen LogP contribution is 2.47. The van der Waals surface area contributed by atoms with Gasteiger partial charge in [-0.2, -0.15) is 0 Å². The second-order valence-corrected chi connectivity index (χ2v) is 21.4. The van der Waals surface area contributed by atoms with E-state index in [1.807, 2.05) is 4.57 Å². The Morgan fingerprint density at radius 2 is 1.56 bits per heavy atom. The Hall–Kier alpha value is -9.27. The molecule has 5 heterocycles. The van der Waals surface area contributed by atoms with Crippen LogP contribution in [0.4, 0.5) is 14.9 Å². The summed E-state index contributed by atoms with van der Waals surface area (Å²) in [5, 5.41) is 30.3. The van der Waals surface area contributed by atoms with Crippen LogP contribution in [0.2, 0.25) is 0 Å². The number of unbranched alkanes of at least 4 members (excludes halogenated alkanes) is 2. The minimum absolute atomic E-state index is 0.0459. The zero-order valence-corrected chi connectivity index (χ0v) is 47.9. The van der Waals surface area contributed by atoms with Crippen molar-refractivity contribution in [2.75, 3.05) is 44.8 Å². The molecule has 1 aliphatic carbocycles. The smallest absolute Gasteiger partial charge is 0.409 e. The first kappa shape index (κ1) is 61.3. The molecule has 0 radical (unpaired) electrons. The fourth-order valence-electron chi connectivity index (χ4n) is 10.8. The average Bonchev–Trinajstić information content (AvgIpc) is 1.55. The number of benzene rings is 3. The monoisotopic (exact) mass is 1200 g/mol. The molecule has 3 atom stereocenters. The van der Waals surface area contributed by atoms with Gasteiger partial charge in [-0.25, -0.2) is 19.0 Å². The maximum Gasteiger partial charge on any atom is 0.409 e. The van der Waals surface area contributed by atoms with E-state index >= 15 is 4.39 Å². The molecule has 9 amide bonds. The van der Waals surface area contributed by atoms with Gasteiger partial charge in [-0.15, -0.1) is 0 Å². The van der Waals surface area contributed by atoms with E-state index in [0.29, 0.717) is 87.2 Å². The Kier molecular flexibility index (Phi) is 19.4. The highest BCUT2D eigenvalue weighted by Gasteiger charge is 2.45. The first-order valence-electron chi connectivity index (χ1n) is 28.0. The van der Waals surface area contributed by atoms with Crippen molar-refractivity contribution in [2.24, 2.45) is 0 Å². The number of carbonyl (C=O) groups excluding carboxylic acids is 10. The van der Waals surface area contributed by atoms with Gasteiger partial charge in [-0.1, -0.05) is 68.0 Å². The first-order chi connectivity index (χ1) is 41.3. The van der Waals surface area contributed by atoms with Crippen LogP contribution < -0.4 is 37.2 Å². The number of aromatic nitrogens is 2. The number of rotatable bonds is 25. The number of pyridine rings is 2. The highest BCUT2D eigenvalue weighted by atomic mass is 32.1. The summed E-state index contributed by atoms with van der Waals surface area (Å²) in [6, 6.07) is 16.5. The predicted molar refractivity (Wildman–Crippen MR) is 308 cm³/mol. The predicted octanol–water partition coefficient (Wildman–Crippen LogP) is 3.40. The number of nitrogens with one attached hydrogen (secondary N) is 7. The molecule has 2 aromatic heterocycles. The van der Waals surface area contributed by atoms with E-state index in [-0.39, 0.29) is 64.1 Å². The lowest BCUT2D eigenvalue weighted by Gasteiger charge is -2.32. The number of aryl methyl sites for hydroxylation is 1. The van der Waals surface area contributed by atoms with Crippen molar-refractivity contribution in [1.82, 2.24) is 46.4 Å². The van der Waals surface area contributed by atoms with E-state index < -0.39 is 97.2 Å². The SMILES string of the molecule is CC[C@@]1(O)C(=O)OCc2c1cc1n(c2=S)Cc2c-1nc1cc(F)c(C)c3c1c2[C@H](NC(=O)COCNC(=O)OCc1ccc(NC(=O)CNC(=O)[C@H](Cc2ccccc2)NC(=O)CNC(=O)CNC(=O)CCCCCN2C(=O)C=CC2=O)cc1)CC3. The summed E-state index contributed by atoms with van der Waals surface area (Å²) < 4.78 is 33.8. The molecule has 86 heavy (non-hydrogen) atoms. The maximum absolute atomic E-state index is 15.4. The van der Waals surface area contributed by atoms with Gasteiger partial charge in [-0.3, -0.25) is 48.6 Å². The lowest BCUT2D eigenvalue weighted by atomic mass is 9.81. The fourth-order valence-corrected chi connectivity index (χ4v) is 11.1. The van der Waals surface area contributed by atoms with Gasteiger partial charge in [0, 0.05) is 65.4 Å². The first-order valence-corrected chi connectivity index (χ1v) is 28.4. The number of ether oxygens (including phenoxy) is 3. The molecular formula is C60H63FN10O14S. The van der Waals surface area contributed by atoms with Crippen molar-refractivity contribution in [3.63, 3.8) is 0 Å². The lowest BCUT2D eigenvalue weighted by molar-refractivity contribution is -0.172. The van der Waals surface area contributed by atoms with E-state index in [2.05, 4.69) is 37.2 Å². The van der Waals surface area contributed by atoms with Crippen LogP contribution in [0.15, 0.2) is 78.9 Å². The minimum atomic E-state index is -1.92. The van der Waals surface area contributed by atoms with Crippen LogP contribution in [0.1, 0.15) is 96.0 Å². The molecule has 0 bridgehead atoms. The second kappa shape index (κ2) is 27.2. The average molecular weight is 1200 g/mol. The third-order valence-electron chi connectivity index (χ3n) is 15.3. The topological polar surface area (TPSA) is 324 Å². The third kappa shape index (κ3) is 14.1. The van der Waals surface area contributed by atoms with Crippen molar-refractivity contribution in [2.45, 2.75) is 103 Å². The molecule has 450 valence electrons. The number of fused-ring (bicyclic) bond motifs is 5. The summed E-state index contributed by atoms with van der Waals surface area (Å²) in [4.78, 5) is 132. The number of hydrogen-bond donors (Lipinski definition) is 8. The van der Waals surface area contributed by atoms with Gasteiger partial charge in [0.15, 0.2) is 5.60 Å². The minimum Gasteiger partial charge on any atom is -0.458 e. The van der Waals surface area contributed by atoms with Crippen molar-refractivity contribution >= 4 is 88.1 Å². The quantitative estimate of drug-likeness (QED) is 0.0134. The van der Waals surface area contributed by atoms with Gasteiger partial charge < -0.3 is 55.8 Å². The Balaban J connectivity index is 0.690. The summed E-state index contributed by atoms with van der Waals surface area (Å²) in [5.74, 6) is -5.42. The Morgan fingerprint density at radius 3 is 2.30 bits per heavy atom. The number of aliphatic hydroxyl groups is 1. The van der Waals surface area contributed by atoms with Crippen LogP contribution >= 0.6 is 12.2 Å². The summed E-state index contributed by atoms with van der Waals surface area (Å²) in [5.41, 5.74) is 4.77. The van der Waals surface area contributed by atoms with Crippen LogP contribution in [0.25, 0.3) is 22.3 Å². The van der Waals surface area contributed by atoms with Gasteiger partial charge >= 0.3 is 12.1 Å². The lowest BCUT2D eigenvalue weighted by Crippen LogP contribution is -2.52. The van der Waals surface area contributed by atoms with Gasteiger partial charge in [0.25, 0.3) is 11.8 Å². The van der Waals surface area contributed by atoms with Crippen LogP contribution in [-0.2, 0) is 95.6 Å². The number of anilines is 1. The van der Waals surface area contributed by atoms with Crippen molar-refractivity contribution in [3.05, 3.63) is 134 Å². The zero-order valence-electron chi connectivity index (χ0n) is 47.1. The molecule has 5 aromatic rings. The molecule has 9 rings (SSSR count). The van der Waals surface area contributed by atoms with Crippen LogP contribution in [-0.4, -0.2) is 124 Å². The van der Waals surface area contributed by atoms with E-state index in [4.69, 9.17) is 31.4 Å². The molecule has 3 aromatic carbocycles. The number of hydrogen-bond acceptors (Lipinski definition) is 16. The fraction of sp³-hybridized carbons (Fsp3) is 0.367. The second-order valence-electron chi connectivity index (χ2n) is 21.0. The normalized spacial score (nSPS) is 16.5. The number of carbonyl (C=O) groups is 10. The number of imide groups is 1. The summed E-state index contributed by atoms with van der Waals surface area (Å²) in [6.45, 7) is 1.46. The van der Waals surface area contributed by atoms with Crippen molar-refractivity contribution in [3.8, 4) is 11.4 Å². The zero-order chi connectivity index (χ0) is 61.2. The molecule has 26 heteroatoms. The molecule has 4 aliphatic rings. The van der Waals surface area contributed by atoms with Crippen molar-refractivity contribution < 1.29 is 71.7 Å². The van der Waals surface area contributed by atoms with E-state index in [1.54, 1.807) is 74.5 Å². The third-order valence-corrected chi connectivity index (χ3v) is 15.8. The molecule has 0 fully saturated rings. The summed E-state index contributed by atoms with van der Waals surface area (Å²) in [7, 11) is 0. The van der Waals surface area contributed by atoms with Gasteiger partial charge in [0.2, 0.25) is 35.4 Å². The van der Waals surface area contributed by atoms with Gasteiger partial charge in [-0.05, 0) is 85.0 Å². The largest absolute Gasteiger partial charge is 0.458 e. The number of amides is 9. The number of cyclic esters (lactones) is 1. The molecule has 0 saturated heterocycles. The van der Waals surface area contributed by atoms with E-state index in [1.165, 1.54) is 18.2 Å². The molecular weight excluding hydrogens is 1140 g/mol. The van der Waals surface area contributed by atoms with Crippen LogP contribution in [0.5, 0.6) is 0 Å². The molecule has 0 saturated carbocycles. The van der Waals surface area contributed by atoms with Gasteiger partial charge in [0.05, 0.1) is 49.1 Å². The van der Waals surface area contributed by atoms with Gasteiger partial charge in [0.1, 0.15) is 43.1 Å². The molecule has 24 nitrogen and oxygen atoms in total. The van der Waals surface area contributed by atoms with Crippen LogP contribution in [0.3, 0.4) is 0 Å². The van der Waals surface area contributed by atoms with E-state index in [0.717, 1.165) is 27.0 Å². The van der Waals surface area contributed by atoms with Crippen molar-refractivity contribution in [1.29, 1.82) is 0 Å². The molecule has 0 unspecified atom stereocenters. The molecule has 8 N–H and O–H groups in total. The number of nitrogens with zero attached hydrogens (tertiary/aromatic N) is 3. The molecule has 0 spiro atoms. The number of alkyl carbamates (subject to hydrolysis) is 1. The highest BCUT2D eigenvalue weighted by molar-refractivity contribution is 7.71. The number of esters is 1. The summed E-state index contributed by atoms with van der Waals surface area (Å²) in [6.07, 6.45) is 4.24. The Labute approximate surface area is 497 Å². The van der Waals surface area contributed by atoms with Crippen LogP contribution in [0, 0.1) is 17.4 Å². The Morgan fingerprint density at radius 1 is 0.837 bits per heavy atom. The molecule has 3 aliphatic heterocycles. The standard InChI is InChI=1S/C60H63FN10O14S/c1-3-60(82)40-23-45-55-38(28-71(45)57(86)39(40)30-84-58(60)80)54-42(18-17-37-33(2)41(61)24-43(69-55)53(37)54)67-50(76)31-83-32-65-59(81)85-29-35-13-15-36(16-14-35)66-48(74)27-64-56(79)44(22-34-10-6-4-7-11-34)68-49(75)26-63-47(73)25-62-46(72)12-8-5-9-21-70-51(77)19-20-52(70)78/h4,6-7,10-11,13-16,19-20,23-24,42,44,82H,3,5,8-9,12,17-18,21-22,25-32H2,1-2H3,(H,62,72)(H,63,73)(H,64,79)(H,65,81)(H,66,74)(H,67,76)(H,68,75)/t42-,44+,60+/m1/s1.